The standard InChI is InChI=1S/C21H27N2.C15H13F2N.2ClH.Ru/c1-14-9-16(3)20(17(4)10-14)22-7-8-23(13-22)21-18(5)11-15(2)12-19(21)6;1-10-7-13(16)4-3-12(10)9-18-15-6-5-14(17)8-11(15)2;;;/h9-13H,7-8H2,1-6H3;1,3-8,18H,9H2,2H3;2*1H;/q-1;;;;+2/p-2. The van der Waals surface area contributed by atoms with Gasteiger partial charge in [-0.1, -0.05) is 35.4 Å². The number of rotatable bonds is 6. The molecular weight excluding hydrogens is 684 g/mol. The van der Waals surface area contributed by atoms with E-state index >= 15 is 0 Å². The zero-order chi connectivity index (χ0) is 32.1. The first-order valence-corrected chi connectivity index (χ1v) is 20.0. The molecule has 1 aliphatic rings. The molecule has 1 aliphatic heterocycles. The van der Waals surface area contributed by atoms with E-state index in [-0.39, 0.29) is 11.6 Å². The van der Waals surface area contributed by atoms with Crippen molar-refractivity contribution in [1.82, 2.24) is 0 Å². The third-order valence-corrected chi connectivity index (χ3v) is 9.49. The fourth-order valence-corrected chi connectivity index (χ4v) is 7.87. The zero-order valence-electron chi connectivity index (χ0n) is 26.3. The number of halogens is 4. The van der Waals surface area contributed by atoms with Gasteiger partial charge in [-0.25, -0.2) is 0 Å². The van der Waals surface area contributed by atoms with Gasteiger partial charge in [-0.3, -0.25) is 0 Å². The molecule has 0 bridgehead atoms. The van der Waals surface area contributed by atoms with Crippen LogP contribution >= 0.6 is 19.4 Å². The molecule has 4 aromatic rings. The summed E-state index contributed by atoms with van der Waals surface area (Å²) >= 11 is -2.03. The molecule has 0 amide bonds. The molecule has 1 N–H and O–H groups in total. The van der Waals surface area contributed by atoms with Crippen molar-refractivity contribution in [2.45, 2.75) is 55.0 Å². The Morgan fingerprint density at radius 1 is 0.705 bits per heavy atom. The summed E-state index contributed by atoms with van der Waals surface area (Å²) in [7, 11) is 11.7. The summed E-state index contributed by atoms with van der Waals surface area (Å²) in [5.41, 5.74) is 14.1. The van der Waals surface area contributed by atoms with E-state index in [9.17, 15) is 8.78 Å². The van der Waals surface area contributed by atoms with E-state index in [1.807, 2.05) is 6.92 Å². The molecule has 1 saturated heterocycles. The van der Waals surface area contributed by atoms with Crippen LogP contribution < -0.4 is 15.1 Å². The Bertz CT molecular complexity index is 1570. The fraction of sp³-hybridized carbons (Fsp3) is 0.278. The first-order chi connectivity index (χ1) is 20.8. The van der Waals surface area contributed by atoms with E-state index in [0.29, 0.717) is 12.1 Å². The van der Waals surface area contributed by atoms with Crippen molar-refractivity contribution in [3.05, 3.63) is 129 Å². The second-order valence-electron chi connectivity index (χ2n) is 11.5. The number of aryl methyl sites for hydroxylation is 7. The Labute approximate surface area is 274 Å². The topological polar surface area (TPSA) is 18.5 Å². The fourth-order valence-electron chi connectivity index (χ4n) is 6.01. The molecule has 5 rings (SSSR count). The molecule has 0 aromatic heterocycles. The molecule has 1 fully saturated rings. The van der Waals surface area contributed by atoms with Gasteiger partial charge in [0, 0.05) is 24.5 Å². The van der Waals surface area contributed by atoms with Gasteiger partial charge < -0.3 is 9.80 Å². The van der Waals surface area contributed by atoms with Gasteiger partial charge in [0.1, 0.15) is 0 Å². The zero-order valence-corrected chi connectivity index (χ0v) is 29.6. The molecule has 0 radical (unpaired) electrons. The van der Waals surface area contributed by atoms with Gasteiger partial charge in [0.25, 0.3) is 0 Å². The number of hydrogen-bond donors (Lipinski definition) is 1. The minimum absolute atomic E-state index is 0.271. The monoisotopic (exact) mass is 724 g/mol. The van der Waals surface area contributed by atoms with Gasteiger partial charge in [0.05, 0.1) is 0 Å². The number of nitrogens with zero attached hydrogens (tertiary/aromatic N) is 2. The molecule has 8 heteroatoms. The Morgan fingerprint density at radius 3 is 1.66 bits per heavy atom. The summed E-state index contributed by atoms with van der Waals surface area (Å²) in [5.74, 6) is -0.598. The van der Waals surface area contributed by atoms with Crippen molar-refractivity contribution in [2.75, 3.05) is 28.2 Å². The predicted molar refractivity (Wildman–Crippen MR) is 182 cm³/mol. The van der Waals surface area contributed by atoms with Crippen molar-refractivity contribution in [3.63, 3.8) is 0 Å². The number of hydrogen-bond acceptors (Lipinski definition) is 3. The Morgan fingerprint density at radius 2 is 1.18 bits per heavy atom. The summed E-state index contributed by atoms with van der Waals surface area (Å²) in [6, 6.07) is 18.2. The molecule has 236 valence electrons. The SMILES string of the molecule is Cc1cc(C)c(N2[CH-]N(c3c(C)cc(C)cc3C)CC2)c(C)c1.Cc1cc(F)ccc1NCc1ccc(F)cc1[CH]=[Ru]([Cl])[Cl]. The molecule has 0 aliphatic carbocycles. The summed E-state index contributed by atoms with van der Waals surface area (Å²) in [6.07, 6.45) is 0. The third kappa shape index (κ3) is 8.68. The number of benzene rings is 4. The predicted octanol–water partition coefficient (Wildman–Crippen LogP) is 9.94. The van der Waals surface area contributed by atoms with E-state index in [2.05, 4.69) is 87.6 Å². The summed E-state index contributed by atoms with van der Waals surface area (Å²) < 4.78 is 28.1. The van der Waals surface area contributed by atoms with Crippen LogP contribution in [0.4, 0.5) is 25.8 Å². The van der Waals surface area contributed by atoms with E-state index < -0.39 is 13.5 Å². The van der Waals surface area contributed by atoms with Gasteiger partial charge in [-0.15, -0.1) is 0 Å². The summed E-state index contributed by atoms with van der Waals surface area (Å²) in [5, 5.41) is 3.21. The average molecular weight is 725 g/mol. The first kappa shape index (κ1) is 34.1. The van der Waals surface area contributed by atoms with Crippen molar-refractivity contribution >= 4 is 41.1 Å². The second kappa shape index (κ2) is 15.0. The molecule has 0 saturated carbocycles. The van der Waals surface area contributed by atoms with Crippen molar-refractivity contribution < 1.29 is 22.3 Å². The Balaban J connectivity index is 0.000000202. The Hall–Kier alpha value is -2.79. The van der Waals surface area contributed by atoms with E-state index in [1.54, 1.807) is 16.7 Å². The van der Waals surface area contributed by atoms with Crippen LogP contribution in [0.2, 0.25) is 0 Å². The average Bonchev–Trinajstić information content (AvgIpc) is 3.37. The first-order valence-electron chi connectivity index (χ1n) is 14.5. The van der Waals surface area contributed by atoms with Crippen LogP contribution in [0.1, 0.15) is 50.1 Å². The van der Waals surface area contributed by atoms with Crippen LogP contribution in [-0.4, -0.2) is 17.7 Å². The maximum atomic E-state index is 13.3. The van der Waals surface area contributed by atoms with Gasteiger partial charge in [-0.05, 0) is 63.8 Å². The molecule has 0 atom stereocenters. The van der Waals surface area contributed by atoms with Gasteiger partial charge >= 0.3 is 135 Å². The molecule has 0 spiro atoms. The second-order valence-corrected chi connectivity index (χ2v) is 17.2. The van der Waals surface area contributed by atoms with Gasteiger partial charge in [0.15, 0.2) is 0 Å². The number of anilines is 3. The van der Waals surface area contributed by atoms with Crippen LogP contribution in [0.15, 0.2) is 60.7 Å². The molecule has 44 heavy (non-hydrogen) atoms. The molecule has 0 unspecified atom stereocenters. The molecule has 4 aromatic carbocycles. The van der Waals surface area contributed by atoms with Crippen molar-refractivity contribution in [2.24, 2.45) is 0 Å². The third-order valence-electron chi connectivity index (χ3n) is 7.66. The van der Waals surface area contributed by atoms with E-state index in [0.717, 1.165) is 29.9 Å². The van der Waals surface area contributed by atoms with Crippen LogP contribution in [0, 0.1) is 66.8 Å². The van der Waals surface area contributed by atoms with Crippen molar-refractivity contribution in [1.29, 1.82) is 0 Å². The van der Waals surface area contributed by atoms with Crippen LogP contribution in [0.5, 0.6) is 0 Å². The summed E-state index contributed by atoms with van der Waals surface area (Å²) in [6.45, 7) is 19.9. The molecule has 1 heterocycles. The van der Waals surface area contributed by atoms with Gasteiger partial charge in [-0.2, -0.15) is 6.67 Å². The van der Waals surface area contributed by atoms with Crippen molar-refractivity contribution in [3.8, 4) is 0 Å². The quantitative estimate of drug-likeness (QED) is 0.158. The maximum absolute atomic E-state index is 13.3. The Kier molecular flexibility index (Phi) is 11.6. The van der Waals surface area contributed by atoms with E-state index in [1.165, 1.54) is 69.0 Å². The summed E-state index contributed by atoms with van der Waals surface area (Å²) in [4.78, 5) is 4.81. The molecular formula is C36H40Cl2F2N3Ru-. The van der Waals surface area contributed by atoms with E-state index in [4.69, 9.17) is 19.4 Å². The normalized spacial score (nSPS) is 13.0. The molecule has 3 nitrogen and oxygen atoms in total. The number of nitrogens with one attached hydrogen (secondary N) is 1. The van der Waals surface area contributed by atoms with Crippen LogP contribution in [0.3, 0.4) is 0 Å². The van der Waals surface area contributed by atoms with Crippen LogP contribution in [-0.2, 0) is 20.1 Å². The van der Waals surface area contributed by atoms with Gasteiger partial charge in [0.2, 0.25) is 0 Å². The van der Waals surface area contributed by atoms with Crippen LogP contribution in [0.25, 0.3) is 0 Å². The minimum atomic E-state index is -2.03.